The van der Waals surface area contributed by atoms with E-state index >= 15 is 0 Å². The minimum Gasteiger partial charge on any atom is -0.373 e. The van der Waals surface area contributed by atoms with Crippen LogP contribution in [0.25, 0.3) is 0 Å². The van der Waals surface area contributed by atoms with Crippen molar-refractivity contribution in [2.45, 2.75) is 31.0 Å². The summed E-state index contributed by atoms with van der Waals surface area (Å²) in [7, 11) is 0. The molecular formula is C8H13ClF3NO. The van der Waals surface area contributed by atoms with E-state index in [2.05, 4.69) is 0 Å². The molecule has 84 valence electrons. The van der Waals surface area contributed by atoms with Crippen molar-refractivity contribution in [2.75, 3.05) is 13.2 Å². The molecule has 0 aromatic heterocycles. The van der Waals surface area contributed by atoms with E-state index in [0.29, 0.717) is 6.42 Å². The normalized spacial score (nSPS) is 41.1. The molecule has 2 bridgehead atoms. The Morgan fingerprint density at radius 1 is 1.29 bits per heavy atom. The number of halogens is 4. The molecule has 14 heavy (non-hydrogen) atoms. The fourth-order valence-electron chi connectivity index (χ4n) is 2.36. The van der Waals surface area contributed by atoms with Gasteiger partial charge in [-0.05, 0) is 19.3 Å². The third-order valence-corrected chi connectivity index (χ3v) is 3.35. The average molecular weight is 232 g/mol. The van der Waals surface area contributed by atoms with Gasteiger partial charge in [0, 0.05) is 6.54 Å². The van der Waals surface area contributed by atoms with Crippen LogP contribution in [0.1, 0.15) is 19.3 Å². The predicted octanol–water partition coefficient (Wildman–Crippen LogP) is 1.87. The van der Waals surface area contributed by atoms with Crippen LogP contribution in [-0.4, -0.2) is 24.9 Å². The Bertz CT molecular complexity index is 223. The van der Waals surface area contributed by atoms with Crippen LogP contribution in [0.3, 0.4) is 0 Å². The topological polar surface area (TPSA) is 35.2 Å². The van der Waals surface area contributed by atoms with Crippen molar-refractivity contribution in [2.24, 2.45) is 11.1 Å². The average Bonchev–Trinajstić information content (AvgIpc) is 2.60. The maximum absolute atomic E-state index is 12.6. The first-order valence-electron chi connectivity index (χ1n) is 4.34. The van der Waals surface area contributed by atoms with Crippen LogP contribution in [-0.2, 0) is 4.74 Å². The predicted molar refractivity (Wildman–Crippen MR) is 47.3 cm³/mol. The molecule has 1 aliphatic carbocycles. The van der Waals surface area contributed by atoms with Crippen LogP contribution < -0.4 is 5.73 Å². The monoisotopic (exact) mass is 231 g/mol. The van der Waals surface area contributed by atoms with Gasteiger partial charge in [-0.15, -0.1) is 12.4 Å². The summed E-state index contributed by atoms with van der Waals surface area (Å²) in [6.07, 6.45) is -3.46. The van der Waals surface area contributed by atoms with E-state index in [9.17, 15) is 13.2 Å². The third kappa shape index (κ3) is 1.42. The van der Waals surface area contributed by atoms with Gasteiger partial charge in [-0.2, -0.15) is 13.2 Å². The van der Waals surface area contributed by atoms with Gasteiger partial charge in [-0.3, -0.25) is 0 Å². The summed E-state index contributed by atoms with van der Waals surface area (Å²) in [6.45, 7) is -0.00146. The van der Waals surface area contributed by atoms with Crippen molar-refractivity contribution in [3.8, 4) is 0 Å². The summed E-state index contributed by atoms with van der Waals surface area (Å²) in [4.78, 5) is 0. The minimum atomic E-state index is -4.14. The number of rotatable bonds is 1. The molecule has 2 aliphatic rings. The molecule has 2 atom stereocenters. The molecule has 0 spiro atoms. The van der Waals surface area contributed by atoms with Gasteiger partial charge in [0.1, 0.15) is 0 Å². The molecule has 2 unspecified atom stereocenters. The van der Waals surface area contributed by atoms with Crippen LogP contribution in [0.4, 0.5) is 13.2 Å². The van der Waals surface area contributed by atoms with Crippen LogP contribution in [0, 0.1) is 5.41 Å². The third-order valence-electron chi connectivity index (χ3n) is 3.35. The van der Waals surface area contributed by atoms with E-state index in [1.54, 1.807) is 0 Å². The zero-order valence-electron chi connectivity index (χ0n) is 7.56. The van der Waals surface area contributed by atoms with E-state index in [4.69, 9.17) is 10.5 Å². The van der Waals surface area contributed by atoms with Gasteiger partial charge in [0.15, 0.2) is 0 Å². The number of nitrogens with two attached hydrogens (primary N) is 1. The van der Waals surface area contributed by atoms with Crippen molar-refractivity contribution in [3.63, 3.8) is 0 Å². The second-order valence-corrected chi connectivity index (χ2v) is 4.13. The molecule has 0 aromatic carbocycles. The number of hydrogen-bond donors (Lipinski definition) is 1. The van der Waals surface area contributed by atoms with Gasteiger partial charge in [-0.25, -0.2) is 0 Å². The Morgan fingerprint density at radius 2 is 1.93 bits per heavy atom. The highest BCUT2D eigenvalue weighted by Crippen LogP contribution is 2.59. The molecule has 2 nitrogen and oxygen atoms in total. The largest absolute Gasteiger partial charge is 0.396 e. The van der Waals surface area contributed by atoms with Crippen LogP contribution in [0.15, 0.2) is 0 Å². The van der Waals surface area contributed by atoms with Gasteiger partial charge < -0.3 is 10.5 Å². The summed E-state index contributed by atoms with van der Waals surface area (Å²) in [5.74, 6) is 0. The van der Waals surface area contributed by atoms with Crippen molar-refractivity contribution < 1.29 is 17.9 Å². The van der Waals surface area contributed by atoms with E-state index < -0.39 is 17.2 Å². The van der Waals surface area contributed by atoms with Crippen molar-refractivity contribution in [1.29, 1.82) is 0 Å². The molecule has 6 heteroatoms. The molecule has 1 aliphatic heterocycles. The fraction of sp³-hybridized carbons (Fsp3) is 1.00. The first kappa shape index (κ1) is 12.1. The van der Waals surface area contributed by atoms with Crippen molar-refractivity contribution in [1.82, 2.24) is 0 Å². The molecule has 2 fully saturated rings. The number of alkyl halides is 3. The van der Waals surface area contributed by atoms with E-state index in [-0.39, 0.29) is 38.4 Å². The van der Waals surface area contributed by atoms with Crippen molar-refractivity contribution >= 4 is 12.4 Å². The Morgan fingerprint density at radius 3 is 2.14 bits per heavy atom. The van der Waals surface area contributed by atoms with Crippen LogP contribution in [0.2, 0.25) is 0 Å². The highest BCUT2D eigenvalue weighted by Gasteiger charge is 2.67. The quantitative estimate of drug-likeness (QED) is 0.748. The maximum Gasteiger partial charge on any atom is 0.396 e. The highest BCUT2D eigenvalue weighted by molar-refractivity contribution is 5.85. The first-order chi connectivity index (χ1) is 5.93. The van der Waals surface area contributed by atoms with Crippen LogP contribution >= 0.6 is 12.4 Å². The Labute approximate surface area is 86.4 Å². The zero-order chi connectivity index (χ0) is 9.74. The highest BCUT2D eigenvalue weighted by atomic mass is 35.5. The van der Waals surface area contributed by atoms with Gasteiger partial charge >= 0.3 is 6.18 Å². The summed E-state index contributed by atoms with van der Waals surface area (Å²) in [5.41, 5.74) is 3.15. The SMILES string of the molecule is Cl.NCC12CCC(C(F)(F)F)(CO1)C2. The lowest BCUT2D eigenvalue weighted by Gasteiger charge is -2.29. The summed E-state index contributed by atoms with van der Waals surface area (Å²) in [5, 5.41) is 0. The second-order valence-electron chi connectivity index (χ2n) is 4.13. The molecule has 2 rings (SSSR count). The zero-order valence-corrected chi connectivity index (χ0v) is 8.38. The molecule has 1 saturated carbocycles. The van der Waals surface area contributed by atoms with E-state index in [1.807, 2.05) is 0 Å². The second kappa shape index (κ2) is 3.25. The lowest BCUT2D eigenvalue weighted by Crippen LogP contribution is -2.37. The Hall–Kier alpha value is -0.0000000000000000486. The van der Waals surface area contributed by atoms with Gasteiger partial charge in [0.25, 0.3) is 0 Å². The molecule has 0 amide bonds. The smallest absolute Gasteiger partial charge is 0.373 e. The maximum atomic E-state index is 12.6. The number of hydrogen-bond acceptors (Lipinski definition) is 2. The fourth-order valence-corrected chi connectivity index (χ4v) is 2.36. The van der Waals surface area contributed by atoms with Crippen molar-refractivity contribution in [3.05, 3.63) is 0 Å². The van der Waals surface area contributed by atoms with E-state index in [0.717, 1.165) is 0 Å². The minimum absolute atomic E-state index is 0. The summed E-state index contributed by atoms with van der Waals surface area (Å²) < 4.78 is 43.1. The van der Waals surface area contributed by atoms with Gasteiger partial charge in [-0.1, -0.05) is 0 Å². The summed E-state index contributed by atoms with van der Waals surface area (Å²) >= 11 is 0. The molecule has 1 saturated heterocycles. The molecule has 2 N–H and O–H groups in total. The lowest BCUT2D eigenvalue weighted by atomic mass is 9.87. The number of ether oxygens (including phenoxy) is 1. The number of fused-ring (bicyclic) bond motifs is 2. The first-order valence-corrected chi connectivity index (χ1v) is 4.34. The molecule has 1 heterocycles. The standard InChI is InChI=1S/C8H12F3NO.ClH/c9-8(10,11)6-1-2-7(3-6,4-12)13-5-6;/h1-5,12H2;1H. The molecule has 0 radical (unpaired) electrons. The van der Waals surface area contributed by atoms with Gasteiger partial charge in [0.05, 0.1) is 17.6 Å². The Balaban J connectivity index is 0.000000980. The summed E-state index contributed by atoms with van der Waals surface area (Å²) in [6, 6.07) is 0. The van der Waals surface area contributed by atoms with Gasteiger partial charge in [0.2, 0.25) is 0 Å². The lowest BCUT2D eigenvalue weighted by molar-refractivity contribution is -0.227. The van der Waals surface area contributed by atoms with E-state index in [1.165, 1.54) is 0 Å². The van der Waals surface area contributed by atoms with Crippen LogP contribution in [0.5, 0.6) is 0 Å². The Kier molecular flexibility index (Phi) is 2.80. The molecular weight excluding hydrogens is 219 g/mol. The molecule has 0 aromatic rings.